The van der Waals surface area contributed by atoms with Crippen LogP contribution in [0.3, 0.4) is 0 Å². The number of anilines is 1. The number of hydrogen-bond donors (Lipinski definition) is 1. The van der Waals surface area contributed by atoms with Crippen LogP contribution in [0, 0.1) is 4.77 Å². The van der Waals surface area contributed by atoms with Gasteiger partial charge in [0, 0.05) is 25.2 Å². The fourth-order valence-electron chi connectivity index (χ4n) is 2.22. The van der Waals surface area contributed by atoms with Crippen molar-refractivity contribution < 1.29 is 5.21 Å². The van der Waals surface area contributed by atoms with Gasteiger partial charge in [-0.05, 0) is 35.8 Å². The predicted octanol–water partition coefficient (Wildman–Crippen LogP) is 3.85. The van der Waals surface area contributed by atoms with E-state index in [0.717, 1.165) is 16.9 Å². The molecule has 0 unspecified atom stereocenters. The summed E-state index contributed by atoms with van der Waals surface area (Å²) < 4.78 is 1.50. The molecule has 0 aliphatic carbocycles. The lowest BCUT2D eigenvalue weighted by Gasteiger charge is -2.11. The van der Waals surface area contributed by atoms with Gasteiger partial charge < -0.3 is 10.1 Å². The van der Waals surface area contributed by atoms with Gasteiger partial charge in [0.25, 0.3) is 4.77 Å². The van der Waals surface area contributed by atoms with Crippen LogP contribution in [0.1, 0.15) is 31.0 Å². The molecule has 26 heavy (non-hydrogen) atoms. The molecule has 0 aliphatic rings. The zero-order valence-corrected chi connectivity index (χ0v) is 16.6. The molecule has 9 heteroatoms. The SMILES string of the molecule is CC(C)c1csc(-c2nn(O)c(=S)n2/N=C/c2ccc(N(C)C)cc2)n1. The molecule has 2 aromatic heterocycles. The Hall–Kier alpha value is -2.52. The third-order valence-electron chi connectivity index (χ3n) is 3.78. The summed E-state index contributed by atoms with van der Waals surface area (Å²) in [6.07, 6.45) is 1.68. The van der Waals surface area contributed by atoms with Crippen LogP contribution in [0.2, 0.25) is 0 Å². The lowest BCUT2D eigenvalue weighted by Crippen LogP contribution is -2.08. The standard InChI is InChI=1S/C17H20N6OS2/c1-11(2)14-10-26-16(19-14)15-20-23(24)17(25)22(15)18-9-12-5-7-13(8-6-12)21(3)4/h5-11,24H,1-4H3/b18-9+. The quantitative estimate of drug-likeness (QED) is 0.408. The van der Waals surface area contributed by atoms with E-state index in [9.17, 15) is 5.21 Å². The van der Waals surface area contributed by atoms with E-state index in [0.29, 0.717) is 21.6 Å². The lowest BCUT2D eigenvalue weighted by atomic mass is 10.2. The van der Waals surface area contributed by atoms with Gasteiger partial charge >= 0.3 is 0 Å². The van der Waals surface area contributed by atoms with Gasteiger partial charge in [-0.15, -0.1) is 16.4 Å². The fourth-order valence-corrected chi connectivity index (χ4v) is 3.35. The van der Waals surface area contributed by atoms with E-state index in [1.54, 1.807) is 6.21 Å². The van der Waals surface area contributed by atoms with Crippen LogP contribution in [0.25, 0.3) is 10.8 Å². The molecule has 3 rings (SSSR count). The fraction of sp³-hybridized carbons (Fsp3) is 0.294. The minimum Gasteiger partial charge on any atom is -0.409 e. The van der Waals surface area contributed by atoms with Gasteiger partial charge in [-0.2, -0.15) is 9.78 Å². The summed E-state index contributed by atoms with van der Waals surface area (Å²) in [6.45, 7) is 4.15. The molecular weight excluding hydrogens is 368 g/mol. The van der Waals surface area contributed by atoms with Crippen molar-refractivity contribution in [1.29, 1.82) is 0 Å². The van der Waals surface area contributed by atoms with Gasteiger partial charge in [-0.1, -0.05) is 30.8 Å². The molecule has 0 bridgehead atoms. The van der Waals surface area contributed by atoms with Crippen molar-refractivity contribution in [2.45, 2.75) is 19.8 Å². The van der Waals surface area contributed by atoms with Crippen molar-refractivity contribution in [2.24, 2.45) is 5.10 Å². The molecule has 0 saturated carbocycles. The summed E-state index contributed by atoms with van der Waals surface area (Å²) in [5.41, 5.74) is 2.99. The van der Waals surface area contributed by atoms with Gasteiger partial charge in [0.15, 0.2) is 5.01 Å². The maximum absolute atomic E-state index is 9.87. The van der Waals surface area contributed by atoms with Gasteiger partial charge in [0.1, 0.15) is 0 Å². The highest BCUT2D eigenvalue weighted by atomic mass is 32.1. The van der Waals surface area contributed by atoms with Crippen LogP contribution in [-0.4, -0.2) is 45.1 Å². The normalized spacial score (nSPS) is 11.6. The molecule has 0 spiro atoms. The number of nitrogens with zero attached hydrogens (tertiary/aromatic N) is 6. The molecule has 7 nitrogen and oxygen atoms in total. The Morgan fingerprint density at radius 3 is 2.54 bits per heavy atom. The Kier molecular flexibility index (Phi) is 5.19. The lowest BCUT2D eigenvalue weighted by molar-refractivity contribution is 0.143. The Bertz CT molecular complexity index is 982. The molecule has 1 aromatic carbocycles. The van der Waals surface area contributed by atoms with Gasteiger partial charge in [-0.3, -0.25) is 0 Å². The molecule has 0 saturated heterocycles. The monoisotopic (exact) mass is 388 g/mol. The number of rotatable bonds is 5. The third-order valence-corrected chi connectivity index (χ3v) is 4.97. The highest BCUT2D eigenvalue weighted by Crippen LogP contribution is 2.26. The van der Waals surface area contributed by atoms with Gasteiger partial charge in [0.2, 0.25) is 5.82 Å². The average molecular weight is 389 g/mol. The molecule has 136 valence electrons. The second-order valence-corrected chi connectivity index (χ2v) is 7.49. The first kappa shape index (κ1) is 18.3. The topological polar surface area (TPSA) is 71.5 Å². The van der Waals surface area contributed by atoms with Crippen LogP contribution >= 0.6 is 23.6 Å². The zero-order valence-electron chi connectivity index (χ0n) is 15.0. The van der Waals surface area contributed by atoms with Gasteiger partial charge in [0.05, 0.1) is 11.9 Å². The highest BCUT2D eigenvalue weighted by molar-refractivity contribution is 7.71. The Morgan fingerprint density at radius 1 is 1.27 bits per heavy atom. The predicted molar refractivity (Wildman–Crippen MR) is 107 cm³/mol. The van der Waals surface area contributed by atoms with Crippen molar-refractivity contribution in [3.63, 3.8) is 0 Å². The van der Waals surface area contributed by atoms with Crippen molar-refractivity contribution in [1.82, 2.24) is 19.6 Å². The number of aromatic nitrogens is 4. The zero-order chi connectivity index (χ0) is 18.8. The molecule has 1 N–H and O–H groups in total. The Balaban J connectivity index is 1.95. The van der Waals surface area contributed by atoms with Crippen molar-refractivity contribution in [2.75, 3.05) is 19.0 Å². The average Bonchev–Trinajstić information content (AvgIpc) is 3.20. The first-order valence-corrected chi connectivity index (χ1v) is 9.34. The summed E-state index contributed by atoms with van der Waals surface area (Å²) in [7, 11) is 3.98. The summed E-state index contributed by atoms with van der Waals surface area (Å²) in [5.74, 6) is 0.724. The maximum Gasteiger partial charge on any atom is 0.258 e. The minimum atomic E-state index is 0.0856. The van der Waals surface area contributed by atoms with Crippen molar-refractivity contribution in [3.8, 4) is 10.8 Å². The third kappa shape index (κ3) is 3.68. The second kappa shape index (κ2) is 7.38. The van der Waals surface area contributed by atoms with E-state index in [4.69, 9.17) is 12.2 Å². The molecule has 0 amide bonds. The molecule has 2 heterocycles. The Labute approximate surface area is 160 Å². The van der Waals surface area contributed by atoms with E-state index < -0.39 is 0 Å². The van der Waals surface area contributed by atoms with E-state index in [2.05, 4.69) is 29.0 Å². The smallest absolute Gasteiger partial charge is 0.258 e. The van der Waals surface area contributed by atoms with Crippen LogP contribution in [0.15, 0.2) is 34.7 Å². The summed E-state index contributed by atoms with van der Waals surface area (Å²) in [4.78, 5) is 7.24. The molecular formula is C17H20N6OS2. The summed E-state index contributed by atoms with van der Waals surface area (Å²) >= 11 is 6.66. The van der Waals surface area contributed by atoms with Crippen molar-refractivity contribution >= 4 is 35.5 Å². The van der Waals surface area contributed by atoms with E-state index in [1.807, 2.05) is 48.6 Å². The molecule has 0 atom stereocenters. The van der Waals surface area contributed by atoms with E-state index in [1.165, 1.54) is 16.0 Å². The molecule has 3 aromatic rings. The van der Waals surface area contributed by atoms with E-state index >= 15 is 0 Å². The number of benzene rings is 1. The molecule has 0 radical (unpaired) electrons. The maximum atomic E-state index is 9.87. The van der Waals surface area contributed by atoms with Crippen molar-refractivity contribution in [3.05, 3.63) is 45.7 Å². The van der Waals surface area contributed by atoms with Crippen LogP contribution in [-0.2, 0) is 0 Å². The Morgan fingerprint density at radius 2 is 1.96 bits per heavy atom. The largest absolute Gasteiger partial charge is 0.409 e. The molecule has 0 aliphatic heterocycles. The number of hydrogen-bond acceptors (Lipinski definition) is 7. The van der Waals surface area contributed by atoms with E-state index in [-0.39, 0.29) is 4.77 Å². The minimum absolute atomic E-state index is 0.0856. The second-order valence-electron chi connectivity index (χ2n) is 6.27. The first-order chi connectivity index (χ1) is 12.4. The molecule has 0 fully saturated rings. The highest BCUT2D eigenvalue weighted by Gasteiger charge is 2.16. The summed E-state index contributed by atoms with van der Waals surface area (Å²) in [5, 5.41) is 21.0. The van der Waals surface area contributed by atoms with Crippen LogP contribution < -0.4 is 4.90 Å². The van der Waals surface area contributed by atoms with Crippen LogP contribution in [0.4, 0.5) is 5.69 Å². The van der Waals surface area contributed by atoms with Crippen LogP contribution in [0.5, 0.6) is 0 Å². The first-order valence-electron chi connectivity index (χ1n) is 8.05. The summed E-state index contributed by atoms with van der Waals surface area (Å²) in [6, 6.07) is 7.94. The van der Waals surface area contributed by atoms with Gasteiger partial charge in [-0.25, -0.2) is 4.98 Å². The number of thiazole rings is 1.